The van der Waals surface area contributed by atoms with Crippen molar-refractivity contribution in [2.75, 3.05) is 5.75 Å². The van der Waals surface area contributed by atoms with Crippen molar-refractivity contribution in [2.24, 2.45) is 0 Å². The molecule has 134 valence electrons. The van der Waals surface area contributed by atoms with Crippen molar-refractivity contribution in [3.05, 3.63) is 40.4 Å². The van der Waals surface area contributed by atoms with Gasteiger partial charge >= 0.3 is 19.1 Å². The minimum atomic E-state index is -1.19. The maximum atomic E-state index is 11.2. The number of carboxylic acids is 2. The first kappa shape index (κ1) is 19.6. The van der Waals surface area contributed by atoms with E-state index in [1.54, 1.807) is 6.08 Å². The summed E-state index contributed by atoms with van der Waals surface area (Å²) in [6.45, 7) is 7.71. The predicted octanol–water partition coefficient (Wildman–Crippen LogP) is 3.03. The Bertz CT molecular complexity index is 692. The van der Waals surface area contributed by atoms with Crippen LogP contribution in [0.1, 0.15) is 54.0 Å². The van der Waals surface area contributed by atoms with Crippen LogP contribution >= 0.6 is 12.6 Å². The number of hydrogen-bond acceptors (Lipinski definition) is 5. The molecule has 0 amide bonds. The molecular weight excluding hydrogens is 343 g/mol. The lowest BCUT2D eigenvalue weighted by molar-refractivity contribution is 0.00578. The Labute approximate surface area is 152 Å². The molecule has 0 aromatic heterocycles. The molecule has 0 saturated carbocycles. The quantitative estimate of drug-likeness (QED) is 0.549. The number of aromatic carboxylic acids is 2. The average molecular weight is 364 g/mol. The molecule has 1 aliphatic heterocycles. The molecule has 0 unspecified atom stereocenters. The van der Waals surface area contributed by atoms with Crippen molar-refractivity contribution in [3.8, 4) is 0 Å². The molecule has 25 heavy (non-hydrogen) atoms. The third-order valence-corrected chi connectivity index (χ3v) is 4.91. The largest absolute Gasteiger partial charge is 0.491 e. The second-order valence-corrected chi connectivity index (χ2v) is 7.24. The molecule has 1 aromatic rings. The molecule has 2 N–H and O–H groups in total. The Hall–Kier alpha value is -1.77. The molecule has 0 aliphatic carbocycles. The molecule has 1 heterocycles. The molecule has 6 nitrogen and oxygen atoms in total. The van der Waals surface area contributed by atoms with Crippen LogP contribution < -0.4 is 0 Å². The summed E-state index contributed by atoms with van der Waals surface area (Å²) in [7, 11) is -0.635. The van der Waals surface area contributed by atoms with Gasteiger partial charge in [0.25, 0.3) is 0 Å². The van der Waals surface area contributed by atoms with Gasteiger partial charge in [-0.3, -0.25) is 0 Å². The second-order valence-electron chi connectivity index (χ2n) is 6.92. The van der Waals surface area contributed by atoms with Gasteiger partial charge in [-0.25, -0.2) is 9.59 Å². The van der Waals surface area contributed by atoms with E-state index in [0.29, 0.717) is 16.8 Å². The number of benzene rings is 1. The number of thiol groups is 1. The Morgan fingerprint density at radius 1 is 1.04 bits per heavy atom. The van der Waals surface area contributed by atoms with Crippen LogP contribution in [-0.4, -0.2) is 46.2 Å². The van der Waals surface area contributed by atoms with Crippen molar-refractivity contribution in [2.45, 2.75) is 38.9 Å². The van der Waals surface area contributed by atoms with Gasteiger partial charge < -0.3 is 19.5 Å². The zero-order valence-corrected chi connectivity index (χ0v) is 15.5. The van der Waals surface area contributed by atoms with E-state index >= 15 is 0 Å². The van der Waals surface area contributed by atoms with Crippen LogP contribution in [0.3, 0.4) is 0 Å². The van der Waals surface area contributed by atoms with E-state index < -0.39 is 30.3 Å². The molecule has 1 aliphatic rings. The monoisotopic (exact) mass is 364 g/mol. The minimum Gasteiger partial charge on any atom is -0.478 e. The van der Waals surface area contributed by atoms with Gasteiger partial charge in [0.2, 0.25) is 0 Å². The molecule has 1 saturated heterocycles. The fraction of sp³-hybridized carbons (Fsp3) is 0.412. The fourth-order valence-electron chi connectivity index (χ4n) is 2.38. The lowest BCUT2D eigenvalue weighted by atomic mass is 9.78. The van der Waals surface area contributed by atoms with E-state index in [4.69, 9.17) is 9.31 Å². The van der Waals surface area contributed by atoms with Crippen LogP contribution in [0.2, 0.25) is 0 Å². The lowest BCUT2D eigenvalue weighted by Crippen LogP contribution is -2.41. The molecule has 0 radical (unpaired) electrons. The summed E-state index contributed by atoms with van der Waals surface area (Å²) in [5, 5.41) is 18.4. The summed E-state index contributed by atoms with van der Waals surface area (Å²) < 4.78 is 11.9. The van der Waals surface area contributed by atoms with Gasteiger partial charge in [0.05, 0.1) is 22.3 Å². The van der Waals surface area contributed by atoms with Gasteiger partial charge in [-0.15, -0.1) is 0 Å². The molecule has 0 bridgehead atoms. The first-order valence-corrected chi connectivity index (χ1v) is 8.39. The van der Waals surface area contributed by atoms with E-state index in [2.05, 4.69) is 12.6 Å². The summed E-state index contributed by atoms with van der Waals surface area (Å²) in [6.07, 6.45) is 1.66. The number of hydrogen-bond donors (Lipinski definition) is 3. The Balaban J connectivity index is 2.43. The molecular formula is C17H21BO6S. The van der Waals surface area contributed by atoms with E-state index in [1.807, 2.05) is 27.7 Å². The van der Waals surface area contributed by atoms with Gasteiger partial charge in [0, 0.05) is 5.75 Å². The van der Waals surface area contributed by atoms with Gasteiger partial charge in [-0.05, 0) is 56.9 Å². The highest BCUT2D eigenvalue weighted by molar-refractivity contribution is 7.80. The molecule has 1 fully saturated rings. The third kappa shape index (κ3) is 4.08. The molecule has 8 heteroatoms. The highest BCUT2D eigenvalue weighted by atomic mass is 32.1. The smallest absolute Gasteiger partial charge is 0.478 e. The van der Waals surface area contributed by atoms with Crippen LogP contribution in [0.15, 0.2) is 23.7 Å². The first-order valence-electron chi connectivity index (χ1n) is 7.75. The van der Waals surface area contributed by atoms with Gasteiger partial charge in [-0.1, -0.05) is 6.08 Å². The summed E-state index contributed by atoms with van der Waals surface area (Å²) in [5.74, 6) is -2.07. The predicted molar refractivity (Wildman–Crippen MR) is 98.3 cm³/mol. The minimum absolute atomic E-state index is 0.0985. The summed E-state index contributed by atoms with van der Waals surface area (Å²) in [6, 6.07) is 3.93. The summed E-state index contributed by atoms with van der Waals surface area (Å²) in [5.41, 5.74) is -0.113. The standard InChI is InChI=1S/C17H21BO6S/c1-16(2)17(3,4)24-18(23-16)13(9-25)7-10-5-11(14(19)20)8-12(6-10)15(21)22/h5-8,25H,9H2,1-4H3,(H,19,20)(H,21,22). The average Bonchev–Trinajstić information content (AvgIpc) is 2.72. The topological polar surface area (TPSA) is 93.1 Å². The normalized spacial score (nSPS) is 19.1. The fourth-order valence-corrected chi connectivity index (χ4v) is 2.62. The van der Waals surface area contributed by atoms with Crippen LogP contribution in [-0.2, 0) is 9.31 Å². The SMILES string of the molecule is CC1(C)OB(C(=Cc2cc(C(=O)O)cc(C(=O)O)c2)CS)OC1(C)C. The van der Waals surface area contributed by atoms with Gasteiger partial charge in [0.1, 0.15) is 0 Å². The molecule has 2 rings (SSSR count). The van der Waals surface area contributed by atoms with Crippen LogP contribution in [0.4, 0.5) is 0 Å². The van der Waals surface area contributed by atoms with Crippen molar-refractivity contribution in [1.29, 1.82) is 0 Å². The van der Waals surface area contributed by atoms with Crippen LogP contribution in [0, 0.1) is 0 Å². The van der Waals surface area contributed by atoms with Crippen LogP contribution in [0.5, 0.6) is 0 Å². The third-order valence-electron chi connectivity index (χ3n) is 4.54. The maximum absolute atomic E-state index is 11.2. The lowest BCUT2D eigenvalue weighted by Gasteiger charge is -2.32. The first-order chi connectivity index (χ1) is 11.5. The van der Waals surface area contributed by atoms with Crippen molar-refractivity contribution in [1.82, 2.24) is 0 Å². The Morgan fingerprint density at radius 2 is 1.48 bits per heavy atom. The van der Waals surface area contributed by atoms with Gasteiger partial charge in [0.15, 0.2) is 0 Å². The molecule has 0 spiro atoms. The number of rotatable bonds is 5. The van der Waals surface area contributed by atoms with E-state index in [9.17, 15) is 19.8 Å². The number of carboxylic acid groups (broad SMARTS) is 2. The zero-order chi connectivity index (χ0) is 19.0. The van der Waals surface area contributed by atoms with E-state index in [-0.39, 0.29) is 11.1 Å². The van der Waals surface area contributed by atoms with Crippen molar-refractivity contribution in [3.63, 3.8) is 0 Å². The van der Waals surface area contributed by atoms with Gasteiger partial charge in [-0.2, -0.15) is 12.6 Å². The van der Waals surface area contributed by atoms with Crippen molar-refractivity contribution < 1.29 is 29.1 Å². The Morgan fingerprint density at radius 3 is 1.84 bits per heavy atom. The zero-order valence-electron chi connectivity index (χ0n) is 14.6. The highest BCUT2D eigenvalue weighted by Gasteiger charge is 2.52. The van der Waals surface area contributed by atoms with Crippen molar-refractivity contribution >= 4 is 37.8 Å². The second kappa shape index (κ2) is 6.86. The molecule has 0 atom stereocenters. The summed E-state index contributed by atoms with van der Waals surface area (Å²) >= 11 is 4.31. The van der Waals surface area contributed by atoms with E-state index in [0.717, 1.165) is 6.07 Å². The summed E-state index contributed by atoms with van der Waals surface area (Å²) in [4.78, 5) is 22.5. The highest BCUT2D eigenvalue weighted by Crippen LogP contribution is 2.39. The maximum Gasteiger partial charge on any atom is 0.491 e. The van der Waals surface area contributed by atoms with E-state index in [1.165, 1.54) is 12.1 Å². The molecule has 1 aromatic carbocycles. The Kier molecular flexibility index (Phi) is 5.37. The number of carbonyl (C=O) groups is 2. The van der Waals surface area contributed by atoms with Crippen LogP contribution in [0.25, 0.3) is 6.08 Å².